The molecule has 0 unspecified atom stereocenters. The van der Waals surface area contributed by atoms with Crippen LogP contribution in [0.2, 0.25) is 0 Å². The van der Waals surface area contributed by atoms with Crippen molar-refractivity contribution in [2.75, 3.05) is 14.2 Å². The van der Waals surface area contributed by atoms with Gasteiger partial charge in [-0.25, -0.2) is 0 Å². The topological polar surface area (TPSA) is 71.1 Å². The van der Waals surface area contributed by atoms with Gasteiger partial charge in [0.25, 0.3) is 6.29 Å². The molecule has 6 nitrogen and oxygen atoms in total. The van der Waals surface area contributed by atoms with Crippen molar-refractivity contribution in [3.63, 3.8) is 0 Å². The van der Waals surface area contributed by atoms with Gasteiger partial charge in [-0.15, -0.1) is 0 Å². The number of cyclic esters (lactones) is 2. The minimum atomic E-state index is -1.28. The van der Waals surface area contributed by atoms with Crippen molar-refractivity contribution in [1.82, 2.24) is 0 Å². The molecule has 108 valence electrons. The fourth-order valence-electron chi connectivity index (χ4n) is 1.73. The average Bonchev–Trinajstić information content (AvgIpc) is 2.44. The molecule has 1 heterocycles. The molecule has 1 aliphatic rings. The lowest BCUT2D eigenvalue weighted by Gasteiger charge is -2.31. The van der Waals surface area contributed by atoms with Gasteiger partial charge in [0.05, 0.1) is 14.2 Å². The fraction of sp³-hybridized carbons (Fsp3) is 0.429. The van der Waals surface area contributed by atoms with Gasteiger partial charge in [0.2, 0.25) is 0 Å². The molecule has 0 spiro atoms. The van der Waals surface area contributed by atoms with E-state index in [2.05, 4.69) is 0 Å². The molecule has 0 amide bonds. The van der Waals surface area contributed by atoms with Gasteiger partial charge in [-0.05, 0) is 32.0 Å². The molecule has 1 aromatic carbocycles. The second kappa shape index (κ2) is 5.03. The maximum Gasteiger partial charge on any atom is 0.326 e. The highest BCUT2D eigenvalue weighted by Crippen LogP contribution is 2.36. The maximum atomic E-state index is 11.8. The van der Waals surface area contributed by atoms with Crippen LogP contribution in [0.3, 0.4) is 0 Å². The molecule has 0 saturated carbocycles. The smallest absolute Gasteiger partial charge is 0.326 e. The summed E-state index contributed by atoms with van der Waals surface area (Å²) in [5, 5.41) is 0. The Morgan fingerprint density at radius 3 is 2.05 bits per heavy atom. The number of hydrogen-bond donors (Lipinski definition) is 0. The van der Waals surface area contributed by atoms with Gasteiger partial charge in [-0.2, -0.15) is 0 Å². The van der Waals surface area contributed by atoms with E-state index in [1.54, 1.807) is 18.2 Å². The second-order valence-corrected chi connectivity index (χ2v) is 4.88. The highest BCUT2D eigenvalue weighted by Gasteiger charge is 2.46. The number of methoxy groups -OCH3 is 2. The Kier molecular flexibility index (Phi) is 3.57. The van der Waals surface area contributed by atoms with E-state index in [0.717, 1.165) is 0 Å². The van der Waals surface area contributed by atoms with Crippen molar-refractivity contribution in [3.05, 3.63) is 23.8 Å². The summed E-state index contributed by atoms with van der Waals surface area (Å²) in [5.41, 5.74) is -0.785. The first-order chi connectivity index (χ1) is 9.40. The number of carbonyl (C=O) groups excluding carboxylic acids is 2. The van der Waals surface area contributed by atoms with Crippen LogP contribution in [0.4, 0.5) is 0 Å². The van der Waals surface area contributed by atoms with E-state index in [1.165, 1.54) is 28.1 Å². The molecule has 0 atom stereocenters. The molecule has 0 N–H and O–H groups in total. The second-order valence-electron chi connectivity index (χ2n) is 4.88. The summed E-state index contributed by atoms with van der Waals surface area (Å²) in [6.45, 7) is 2.92. The number of carbonyl (C=O) groups is 2. The highest BCUT2D eigenvalue weighted by molar-refractivity contribution is 6.00. The van der Waals surface area contributed by atoms with Crippen LogP contribution >= 0.6 is 0 Å². The largest absolute Gasteiger partial charge is 0.493 e. The van der Waals surface area contributed by atoms with E-state index < -0.39 is 23.6 Å². The molecule has 0 aromatic heterocycles. The number of esters is 2. The van der Waals surface area contributed by atoms with Crippen molar-refractivity contribution in [2.24, 2.45) is 5.41 Å². The Morgan fingerprint density at radius 1 is 1.00 bits per heavy atom. The molecular formula is C14H16O6. The van der Waals surface area contributed by atoms with Crippen LogP contribution in [0.15, 0.2) is 18.2 Å². The third-order valence-electron chi connectivity index (χ3n) is 3.13. The predicted octanol–water partition coefficient (Wildman–Crippen LogP) is 1.83. The average molecular weight is 280 g/mol. The fourth-order valence-corrected chi connectivity index (χ4v) is 1.73. The van der Waals surface area contributed by atoms with Crippen molar-refractivity contribution in [3.8, 4) is 11.5 Å². The van der Waals surface area contributed by atoms with Crippen LogP contribution in [0.5, 0.6) is 11.5 Å². The highest BCUT2D eigenvalue weighted by atomic mass is 16.7. The van der Waals surface area contributed by atoms with Crippen LogP contribution in [-0.2, 0) is 19.1 Å². The lowest BCUT2D eigenvalue weighted by atomic mass is 9.93. The Hall–Kier alpha value is -2.24. The number of benzene rings is 1. The molecule has 0 aliphatic carbocycles. The van der Waals surface area contributed by atoms with Crippen LogP contribution in [0.25, 0.3) is 0 Å². The number of rotatable bonds is 3. The van der Waals surface area contributed by atoms with Gasteiger partial charge in [0.1, 0.15) is 0 Å². The van der Waals surface area contributed by atoms with Crippen LogP contribution < -0.4 is 9.47 Å². The van der Waals surface area contributed by atoms with E-state index in [0.29, 0.717) is 17.1 Å². The zero-order valence-electron chi connectivity index (χ0n) is 11.8. The minimum Gasteiger partial charge on any atom is -0.493 e. The third-order valence-corrected chi connectivity index (χ3v) is 3.13. The summed E-state index contributed by atoms with van der Waals surface area (Å²) in [6, 6.07) is 4.89. The van der Waals surface area contributed by atoms with Crippen molar-refractivity contribution in [1.29, 1.82) is 0 Å². The number of ether oxygens (including phenoxy) is 4. The summed E-state index contributed by atoms with van der Waals surface area (Å²) in [4.78, 5) is 23.6. The molecule has 0 bridgehead atoms. The summed E-state index contributed by atoms with van der Waals surface area (Å²) in [5.74, 6) is -0.242. The monoisotopic (exact) mass is 280 g/mol. The van der Waals surface area contributed by atoms with Crippen molar-refractivity contribution < 1.29 is 28.5 Å². The van der Waals surface area contributed by atoms with Gasteiger partial charge < -0.3 is 18.9 Å². The maximum absolute atomic E-state index is 11.8. The van der Waals surface area contributed by atoms with Gasteiger partial charge in [-0.1, -0.05) is 0 Å². The minimum absolute atomic E-state index is 0.460. The van der Waals surface area contributed by atoms with E-state index in [1.807, 2.05) is 0 Å². The molecule has 1 aromatic rings. The van der Waals surface area contributed by atoms with Gasteiger partial charge in [0.15, 0.2) is 16.9 Å². The molecule has 6 heteroatoms. The molecule has 20 heavy (non-hydrogen) atoms. The van der Waals surface area contributed by atoms with Gasteiger partial charge in [0, 0.05) is 5.56 Å². The third kappa shape index (κ3) is 2.29. The zero-order chi connectivity index (χ0) is 14.9. The molecule has 0 radical (unpaired) electrons. The zero-order valence-corrected chi connectivity index (χ0v) is 11.8. The standard InChI is InChI=1S/C14H16O6/c1-14(2)12(15)19-11(20-13(14)16)8-5-6-9(17-3)10(7-8)18-4/h5-7,11H,1-4H3. The first-order valence-electron chi connectivity index (χ1n) is 6.04. The lowest BCUT2D eigenvalue weighted by Crippen LogP contribution is -2.43. The van der Waals surface area contributed by atoms with E-state index in [-0.39, 0.29) is 0 Å². The Balaban J connectivity index is 2.29. The van der Waals surface area contributed by atoms with Gasteiger partial charge >= 0.3 is 11.9 Å². The lowest BCUT2D eigenvalue weighted by molar-refractivity contribution is -0.222. The molecule has 2 rings (SSSR count). The molecular weight excluding hydrogens is 264 g/mol. The first kappa shape index (κ1) is 14.2. The van der Waals surface area contributed by atoms with E-state index in [4.69, 9.17) is 18.9 Å². The Bertz CT molecular complexity index is 529. The summed E-state index contributed by atoms with van der Waals surface area (Å²) >= 11 is 0. The van der Waals surface area contributed by atoms with E-state index in [9.17, 15) is 9.59 Å². The van der Waals surface area contributed by atoms with Crippen LogP contribution in [-0.4, -0.2) is 26.2 Å². The number of hydrogen-bond acceptors (Lipinski definition) is 6. The quantitative estimate of drug-likeness (QED) is 0.621. The molecule has 1 aliphatic heterocycles. The van der Waals surface area contributed by atoms with Crippen molar-refractivity contribution in [2.45, 2.75) is 20.1 Å². The molecule has 1 fully saturated rings. The summed E-state index contributed by atoms with van der Waals surface area (Å²) in [6.07, 6.45) is -1.07. The van der Waals surface area contributed by atoms with E-state index >= 15 is 0 Å². The van der Waals surface area contributed by atoms with Crippen molar-refractivity contribution >= 4 is 11.9 Å². The van der Waals surface area contributed by atoms with Gasteiger partial charge in [-0.3, -0.25) is 9.59 Å². The Morgan fingerprint density at radius 2 is 1.55 bits per heavy atom. The SMILES string of the molecule is COc1ccc(C2OC(=O)C(C)(C)C(=O)O2)cc1OC. The Labute approximate surface area is 116 Å². The predicted molar refractivity (Wildman–Crippen MR) is 68.3 cm³/mol. The van der Waals surface area contributed by atoms with Crippen LogP contribution in [0.1, 0.15) is 25.7 Å². The summed E-state index contributed by atoms with van der Waals surface area (Å²) in [7, 11) is 3.00. The summed E-state index contributed by atoms with van der Waals surface area (Å²) < 4.78 is 20.6. The van der Waals surface area contributed by atoms with Crippen LogP contribution in [0, 0.1) is 5.41 Å². The first-order valence-corrected chi connectivity index (χ1v) is 6.04. The molecule has 1 saturated heterocycles. The normalized spacial score (nSPS) is 18.2.